The SMILES string of the molecule is CCN(CC)S(=O)(=O)c1ccc(Cl)c(C(=O)NNC(=O)COc2ccccc2C)c1. The summed E-state index contributed by atoms with van der Waals surface area (Å²) in [5.74, 6) is -0.785. The number of hydrogen-bond acceptors (Lipinski definition) is 5. The molecule has 0 aliphatic carbocycles. The number of amides is 2. The fourth-order valence-corrected chi connectivity index (χ4v) is 4.33. The molecule has 30 heavy (non-hydrogen) atoms. The summed E-state index contributed by atoms with van der Waals surface area (Å²) in [4.78, 5) is 24.3. The molecule has 2 N–H and O–H groups in total. The number of nitrogens with one attached hydrogen (secondary N) is 2. The van der Waals surface area contributed by atoms with E-state index >= 15 is 0 Å². The van der Waals surface area contributed by atoms with E-state index in [9.17, 15) is 18.0 Å². The van der Waals surface area contributed by atoms with Crippen molar-refractivity contribution in [2.24, 2.45) is 0 Å². The third-order valence-corrected chi connectivity index (χ3v) is 6.67. The Bertz CT molecular complexity index is 1020. The summed E-state index contributed by atoms with van der Waals surface area (Å²) >= 11 is 6.06. The lowest BCUT2D eigenvalue weighted by Gasteiger charge is -2.19. The summed E-state index contributed by atoms with van der Waals surface area (Å²) in [7, 11) is -3.76. The number of hydrazine groups is 1. The standard InChI is InChI=1S/C20H24ClN3O5S/c1-4-24(5-2)30(27,28)15-10-11-17(21)16(12-15)20(26)23-22-19(25)13-29-18-9-7-6-8-14(18)3/h6-12H,4-5,13H2,1-3H3,(H,22,25)(H,23,26). The predicted molar refractivity (Wildman–Crippen MR) is 114 cm³/mol. The van der Waals surface area contributed by atoms with Crippen LogP contribution in [-0.4, -0.2) is 44.2 Å². The van der Waals surface area contributed by atoms with E-state index in [1.807, 2.05) is 19.1 Å². The average molecular weight is 454 g/mol. The van der Waals surface area contributed by atoms with E-state index in [0.717, 1.165) is 5.56 Å². The summed E-state index contributed by atoms with van der Waals surface area (Å²) in [6.45, 7) is 5.56. The number of sulfonamides is 1. The molecule has 0 atom stereocenters. The Balaban J connectivity index is 2.04. The van der Waals surface area contributed by atoms with E-state index in [2.05, 4.69) is 10.9 Å². The lowest BCUT2D eigenvalue weighted by Crippen LogP contribution is -2.44. The van der Waals surface area contributed by atoms with E-state index in [1.165, 1.54) is 22.5 Å². The van der Waals surface area contributed by atoms with Crippen LogP contribution >= 0.6 is 11.6 Å². The van der Waals surface area contributed by atoms with Gasteiger partial charge in [-0.1, -0.05) is 43.6 Å². The van der Waals surface area contributed by atoms with Gasteiger partial charge in [-0.15, -0.1) is 0 Å². The number of carbonyl (C=O) groups is 2. The molecule has 2 aromatic rings. The minimum Gasteiger partial charge on any atom is -0.483 e. The number of halogens is 1. The van der Waals surface area contributed by atoms with Gasteiger partial charge in [0.05, 0.1) is 15.5 Å². The molecule has 2 aromatic carbocycles. The van der Waals surface area contributed by atoms with Gasteiger partial charge in [-0.2, -0.15) is 4.31 Å². The zero-order chi connectivity index (χ0) is 22.3. The molecule has 0 spiro atoms. The van der Waals surface area contributed by atoms with Crippen LogP contribution in [0.2, 0.25) is 5.02 Å². The van der Waals surface area contributed by atoms with Crippen LogP contribution < -0.4 is 15.6 Å². The first-order chi connectivity index (χ1) is 14.2. The van der Waals surface area contributed by atoms with Gasteiger partial charge in [0, 0.05) is 13.1 Å². The summed E-state index contributed by atoms with van der Waals surface area (Å²) in [5, 5.41) is 0.0522. The van der Waals surface area contributed by atoms with Crippen LogP contribution in [0.25, 0.3) is 0 Å². The highest BCUT2D eigenvalue weighted by Gasteiger charge is 2.24. The number of benzene rings is 2. The summed E-state index contributed by atoms with van der Waals surface area (Å²) in [6.07, 6.45) is 0. The molecule has 0 heterocycles. The number of carbonyl (C=O) groups excluding carboxylic acids is 2. The highest BCUT2D eigenvalue weighted by Crippen LogP contribution is 2.23. The second kappa shape index (κ2) is 10.4. The monoisotopic (exact) mass is 453 g/mol. The molecular weight excluding hydrogens is 430 g/mol. The lowest BCUT2D eigenvalue weighted by atomic mass is 10.2. The van der Waals surface area contributed by atoms with Crippen LogP contribution in [-0.2, 0) is 14.8 Å². The van der Waals surface area contributed by atoms with Gasteiger partial charge in [0.15, 0.2) is 6.61 Å². The summed E-state index contributed by atoms with van der Waals surface area (Å²) in [5.41, 5.74) is 5.22. The number of rotatable bonds is 8. The van der Waals surface area contributed by atoms with E-state index in [1.54, 1.807) is 26.0 Å². The third kappa shape index (κ3) is 5.71. The Kier molecular flexibility index (Phi) is 8.22. The molecule has 0 aliphatic rings. The van der Waals surface area contributed by atoms with Crippen molar-refractivity contribution in [3.05, 3.63) is 58.6 Å². The molecule has 8 nitrogen and oxygen atoms in total. The van der Waals surface area contributed by atoms with Crippen molar-refractivity contribution in [1.29, 1.82) is 0 Å². The number of ether oxygens (including phenoxy) is 1. The zero-order valence-corrected chi connectivity index (χ0v) is 18.5. The second-order valence-electron chi connectivity index (χ2n) is 6.29. The van der Waals surface area contributed by atoms with Gasteiger partial charge in [0.2, 0.25) is 10.0 Å². The first-order valence-electron chi connectivity index (χ1n) is 9.28. The summed E-state index contributed by atoms with van der Waals surface area (Å²) < 4.78 is 32.0. The molecular formula is C20H24ClN3O5S. The van der Waals surface area contributed by atoms with Gasteiger partial charge in [-0.25, -0.2) is 8.42 Å². The van der Waals surface area contributed by atoms with Crippen LogP contribution in [0.1, 0.15) is 29.8 Å². The lowest BCUT2D eigenvalue weighted by molar-refractivity contribution is -0.123. The topological polar surface area (TPSA) is 105 Å². The van der Waals surface area contributed by atoms with Crippen molar-refractivity contribution in [1.82, 2.24) is 15.2 Å². The van der Waals surface area contributed by atoms with Gasteiger partial charge in [-0.3, -0.25) is 20.4 Å². The minimum absolute atomic E-state index is 0.0522. The first kappa shape index (κ1) is 23.7. The summed E-state index contributed by atoms with van der Waals surface area (Å²) in [6, 6.07) is 11.0. The van der Waals surface area contributed by atoms with Crippen LogP contribution in [0.3, 0.4) is 0 Å². The maximum Gasteiger partial charge on any atom is 0.276 e. The molecule has 0 aromatic heterocycles. The molecule has 2 amide bonds. The Morgan fingerprint density at radius 2 is 1.73 bits per heavy atom. The van der Waals surface area contributed by atoms with Crippen molar-refractivity contribution in [3.8, 4) is 5.75 Å². The van der Waals surface area contributed by atoms with Crippen molar-refractivity contribution in [3.63, 3.8) is 0 Å². The van der Waals surface area contributed by atoms with Crippen LogP contribution in [0.4, 0.5) is 0 Å². The highest BCUT2D eigenvalue weighted by atomic mass is 35.5. The molecule has 0 fully saturated rings. The molecule has 0 unspecified atom stereocenters. The second-order valence-corrected chi connectivity index (χ2v) is 8.63. The molecule has 0 bridgehead atoms. The third-order valence-electron chi connectivity index (χ3n) is 4.29. The Hall–Kier alpha value is -2.62. The maximum atomic E-state index is 12.7. The van der Waals surface area contributed by atoms with E-state index < -0.39 is 21.8 Å². The fraction of sp³-hybridized carbons (Fsp3) is 0.300. The van der Waals surface area contributed by atoms with E-state index in [4.69, 9.17) is 16.3 Å². The predicted octanol–water partition coefficient (Wildman–Crippen LogP) is 2.52. The minimum atomic E-state index is -3.76. The van der Waals surface area contributed by atoms with Gasteiger partial charge < -0.3 is 4.74 Å². The van der Waals surface area contributed by atoms with Gasteiger partial charge >= 0.3 is 0 Å². The molecule has 0 saturated carbocycles. The van der Waals surface area contributed by atoms with Crippen molar-refractivity contribution >= 4 is 33.4 Å². The fourth-order valence-electron chi connectivity index (χ4n) is 2.64. The molecule has 2 rings (SSSR count). The van der Waals surface area contributed by atoms with Crippen molar-refractivity contribution < 1.29 is 22.7 Å². The van der Waals surface area contributed by atoms with Crippen molar-refractivity contribution in [2.45, 2.75) is 25.7 Å². The molecule has 0 saturated heterocycles. The van der Waals surface area contributed by atoms with E-state index in [0.29, 0.717) is 18.8 Å². The first-order valence-corrected chi connectivity index (χ1v) is 11.1. The van der Waals surface area contributed by atoms with Gasteiger partial charge in [0.1, 0.15) is 5.75 Å². The van der Waals surface area contributed by atoms with E-state index in [-0.39, 0.29) is 22.1 Å². The van der Waals surface area contributed by atoms with Crippen LogP contribution in [0, 0.1) is 6.92 Å². The molecule has 162 valence electrons. The number of para-hydroxylation sites is 1. The smallest absolute Gasteiger partial charge is 0.276 e. The van der Waals surface area contributed by atoms with Gasteiger partial charge in [0.25, 0.3) is 11.8 Å². The number of aryl methyl sites for hydroxylation is 1. The maximum absolute atomic E-state index is 12.7. The Morgan fingerprint density at radius 3 is 2.37 bits per heavy atom. The molecule has 0 aliphatic heterocycles. The molecule has 10 heteroatoms. The van der Waals surface area contributed by atoms with Crippen molar-refractivity contribution in [2.75, 3.05) is 19.7 Å². The van der Waals surface area contributed by atoms with Crippen LogP contribution in [0.5, 0.6) is 5.75 Å². The average Bonchev–Trinajstić information content (AvgIpc) is 2.72. The number of hydrogen-bond donors (Lipinski definition) is 2. The molecule has 0 radical (unpaired) electrons. The van der Waals surface area contributed by atoms with Gasteiger partial charge in [-0.05, 0) is 36.8 Å². The highest BCUT2D eigenvalue weighted by molar-refractivity contribution is 7.89. The Labute approximate surface area is 181 Å². The Morgan fingerprint density at radius 1 is 1.07 bits per heavy atom. The zero-order valence-electron chi connectivity index (χ0n) is 16.9. The van der Waals surface area contributed by atoms with Crippen LogP contribution in [0.15, 0.2) is 47.4 Å². The largest absolute Gasteiger partial charge is 0.483 e. The normalized spacial score (nSPS) is 11.2. The quantitative estimate of drug-likeness (QED) is 0.597. The number of nitrogens with zero attached hydrogens (tertiary/aromatic N) is 1.